The molecule has 0 spiro atoms. The fraction of sp³-hybridized carbons (Fsp3) is 0.537. The molecule has 1 aromatic heterocycles. The summed E-state index contributed by atoms with van der Waals surface area (Å²) in [6, 6.07) is 11.5. The average molecular weight is 1020 g/mol. The number of benzene rings is 2. The van der Waals surface area contributed by atoms with Gasteiger partial charge in [0.05, 0.1) is 6.04 Å². The van der Waals surface area contributed by atoms with Crippen LogP contribution >= 0.6 is 11.8 Å². The number of anilines is 1. The fourth-order valence-corrected chi connectivity index (χ4v) is 12.8. The number of amides is 5. The van der Waals surface area contributed by atoms with Crippen molar-refractivity contribution in [3.63, 3.8) is 0 Å². The molecule has 9 rings (SSSR count). The van der Waals surface area contributed by atoms with E-state index in [4.69, 9.17) is 4.74 Å². The van der Waals surface area contributed by atoms with Crippen molar-refractivity contribution in [2.45, 2.75) is 107 Å². The van der Waals surface area contributed by atoms with Crippen molar-refractivity contribution in [2.24, 2.45) is 23.7 Å². The van der Waals surface area contributed by atoms with Crippen LogP contribution in [0.5, 0.6) is 5.75 Å². The molecular weight excluding hydrogens is 953 g/mol. The molecule has 6 fully saturated rings. The van der Waals surface area contributed by atoms with Gasteiger partial charge in [-0.25, -0.2) is 9.78 Å². The van der Waals surface area contributed by atoms with Crippen LogP contribution in [-0.4, -0.2) is 160 Å². The number of nitrogens with zero attached hydrogens (tertiary/aromatic N) is 5. The molecule has 5 amide bonds. The van der Waals surface area contributed by atoms with E-state index in [9.17, 15) is 29.1 Å². The standard InChI is InChI=1S/C54H68N8O10S/c1-6-39-48(65)37-14-10-15-38(37)52(69)60(5)41(26-32-17-19-36(20-18-32)59(3)4)53(70)62-28-35(30-73-44-29-61-24-21-33(44)22-25-61)43(64)27-40(62)49(66)58-46(34-12-8-7-9-13-34)54(71)72-31(2)45(50(67)56-39)57-51(68)47-42(63)16-11-23-55-47/h7-9,11-13,16-20,23,31,33,35,37-41,44-46,63H,6,10,14-15,21-22,24-30H2,1-5H3,(H,56,67)(H,57,68)(H,58,66)/t31-,35?,37?,38+,39+,40?,41-,44+,45-,46-/m0/s1. The van der Waals surface area contributed by atoms with Crippen LogP contribution in [0.3, 0.4) is 0 Å². The zero-order valence-electron chi connectivity index (χ0n) is 42.2. The normalized spacial score (nSPS) is 30.5. The lowest BCUT2D eigenvalue weighted by Gasteiger charge is -2.45. The molecule has 6 heterocycles. The third kappa shape index (κ3) is 11.9. The van der Waals surface area contributed by atoms with Crippen molar-refractivity contribution in [3.05, 3.63) is 89.7 Å². The molecule has 5 aliphatic heterocycles. The number of likely N-dealkylation sites (N-methyl/N-ethyl adjacent to an activating group) is 1. The van der Waals surface area contributed by atoms with Crippen LogP contribution in [0.25, 0.3) is 0 Å². The van der Waals surface area contributed by atoms with E-state index in [1.54, 1.807) is 56.1 Å². The Balaban J connectivity index is 1.19. The van der Waals surface area contributed by atoms with Crippen molar-refractivity contribution in [3.8, 4) is 5.75 Å². The molecule has 0 radical (unpaired) electrons. The van der Waals surface area contributed by atoms with Gasteiger partial charge in [-0.15, -0.1) is 0 Å². The molecule has 19 heteroatoms. The maximum Gasteiger partial charge on any atom is 0.333 e. The summed E-state index contributed by atoms with van der Waals surface area (Å²) in [6.07, 6.45) is 2.98. The topological polar surface area (TPSA) is 228 Å². The molecule has 4 N–H and O–H groups in total. The summed E-state index contributed by atoms with van der Waals surface area (Å²) in [5, 5.41) is 18.9. The Hall–Kier alpha value is -6.34. The third-order valence-electron chi connectivity index (χ3n) is 15.6. The first-order valence-electron chi connectivity index (χ1n) is 25.6. The van der Waals surface area contributed by atoms with E-state index in [2.05, 4.69) is 25.8 Å². The minimum atomic E-state index is -1.67. The van der Waals surface area contributed by atoms with Crippen molar-refractivity contribution in [1.29, 1.82) is 0 Å². The number of ether oxygens (including phenoxy) is 1. The number of nitrogens with one attached hydrogen (secondary N) is 3. The van der Waals surface area contributed by atoms with Gasteiger partial charge in [0.2, 0.25) is 23.6 Å². The van der Waals surface area contributed by atoms with Crippen LogP contribution in [-0.2, 0) is 44.7 Å². The lowest BCUT2D eigenvalue weighted by atomic mass is 9.85. The number of hydrogen-bond acceptors (Lipinski definition) is 14. The average Bonchev–Trinajstić information content (AvgIpc) is 3.89. The second-order valence-corrected chi connectivity index (χ2v) is 21.7. The lowest BCUT2D eigenvalue weighted by molar-refractivity contribution is -0.157. The van der Waals surface area contributed by atoms with Crippen molar-refractivity contribution < 1.29 is 48.2 Å². The van der Waals surface area contributed by atoms with Crippen LogP contribution < -0.4 is 20.9 Å². The van der Waals surface area contributed by atoms with E-state index < -0.39 is 107 Å². The molecule has 18 nitrogen and oxygen atoms in total. The first-order valence-corrected chi connectivity index (χ1v) is 26.6. The van der Waals surface area contributed by atoms with Gasteiger partial charge >= 0.3 is 5.97 Å². The van der Waals surface area contributed by atoms with E-state index in [0.29, 0.717) is 36.2 Å². The number of esters is 1. The molecule has 3 aromatic rings. The number of pyridine rings is 1. The number of cyclic esters (lactones) is 1. The van der Waals surface area contributed by atoms with E-state index in [1.807, 2.05) is 43.3 Å². The molecule has 2 bridgehead atoms. The highest BCUT2D eigenvalue weighted by atomic mass is 32.2. The minimum Gasteiger partial charge on any atom is -0.505 e. The molecule has 10 atom stereocenters. The molecule has 5 saturated heterocycles. The van der Waals surface area contributed by atoms with Gasteiger partial charge in [-0.1, -0.05) is 55.8 Å². The Labute approximate surface area is 430 Å². The van der Waals surface area contributed by atoms with Gasteiger partial charge in [-0.05, 0) is 93.4 Å². The van der Waals surface area contributed by atoms with E-state index in [1.165, 1.54) is 35.1 Å². The first kappa shape index (κ1) is 53.0. The van der Waals surface area contributed by atoms with Gasteiger partial charge in [0.25, 0.3) is 5.91 Å². The second kappa shape index (κ2) is 23.3. The Morgan fingerprint density at radius 1 is 0.877 bits per heavy atom. The predicted molar refractivity (Wildman–Crippen MR) is 273 cm³/mol. The molecule has 3 unspecified atom stereocenters. The highest BCUT2D eigenvalue weighted by Gasteiger charge is 2.48. The highest BCUT2D eigenvalue weighted by Crippen LogP contribution is 2.39. The van der Waals surface area contributed by atoms with Gasteiger partial charge in [0, 0.05) is 87.7 Å². The number of carbonyl (C=O) groups excluding carboxylic acids is 8. The second-order valence-electron chi connectivity index (χ2n) is 20.4. The molecular formula is C54H68N8O10S. The SMILES string of the molecule is CC[C@H]1NC(=O)[C@@H](NC(=O)c2ncccc2O)[C@H](C)OC(=O)[C@H](c2ccccc2)NC(=O)C2CC(=O)C(CS[C@@H]3CN4CCC3CC4)CN2C(=O)[C@H](Cc2ccc(N(C)C)cc2)N(C)C(=O)[C@@H]2CCCC2C1=O. The molecule has 1 aliphatic carbocycles. The number of thioether (sulfide) groups is 1. The monoisotopic (exact) mass is 1020 g/mol. The van der Waals surface area contributed by atoms with Crippen LogP contribution in [0.15, 0.2) is 72.9 Å². The van der Waals surface area contributed by atoms with Crippen LogP contribution in [0.2, 0.25) is 0 Å². The number of piperidine rings is 4. The summed E-state index contributed by atoms with van der Waals surface area (Å²) >= 11 is 1.74. The fourth-order valence-electron chi connectivity index (χ4n) is 11.2. The molecule has 390 valence electrons. The summed E-state index contributed by atoms with van der Waals surface area (Å²) < 4.78 is 5.98. The zero-order valence-corrected chi connectivity index (χ0v) is 43.1. The van der Waals surface area contributed by atoms with Crippen LogP contribution in [0.1, 0.15) is 86.5 Å². The number of aromatic nitrogens is 1. The Bertz CT molecular complexity index is 2540. The molecule has 6 aliphatic rings. The minimum absolute atomic E-state index is 0.0474. The van der Waals surface area contributed by atoms with Gasteiger partial charge in [0.15, 0.2) is 17.5 Å². The summed E-state index contributed by atoms with van der Waals surface area (Å²) in [5.74, 6) is -7.19. The number of fused-ring (bicyclic) bond motifs is 5. The number of aromatic hydroxyl groups is 1. The summed E-state index contributed by atoms with van der Waals surface area (Å²) in [4.78, 5) is 129. The van der Waals surface area contributed by atoms with Crippen molar-refractivity contribution in [2.75, 3.05) is 58.0 Å². The molecule has 73 heavy (non-hydrogen) atoms. The largest absolute Gasteiger partial charge is 0.505 e. The van der Waals surface area contributed by atoms with Gasteiger partial charge < -0.3 is 45.4 Å². The lowest BCUT2D eigenvalue weighted by Crippen LogP contribution is -2.62. The number of carbonyl (C=O) groups is 8. The molecule has 1 saturated carbocycles. The van der Waals surface area contributed by atoms with Gasteiger partial charge in [-0.3, -0.25) is 33.6 Å². The van der Waals surface area contributed by atoms with E-state index >= 15 is 14.4 Å². The summed E-state index contributed by atoms with van der Waals surface area (Å²) in [5.41, 5.74) is 1.52. The maximum atomic E-state index is 15.7. The molecule has 2 aromatic carbocycles. The van der Waals surface area contributed by atoms with E-state index in [-0.39, 0.29) is 37.2 Å². The predicted octanol–water partition coefficient (Wildman–Crippen LogP) is 3.32. The Morgan fingerprint density at radius 2 is 1.59 bits per heavy atom. The highest BCUT2D eigenvalue weighted by molar-refractivity contribution is 8.00. The summed E-state index contributed by atoms with van der Waals surface area (Å²) in [6.45, 7) is 6.00. The smallest absolute Gasteiger partial charge is 0.333 e. The zero-order chi connectivity index (χ0) is 52.1. The van der Waals surface area contributed by atoms with E-state index in [0.717, 1.165) is 43.7 Å². The van der Waals surface area contributed by atoms with Gasteiger partial charge in [-0.2, -0.15) is 11.8 Å². The van der Waals surface area contributed by atoms with Gasteiger partial charge in [0.1, 0.15) is 35.8 Å². The summed E-state index contributed by atoms with van der Waals surface area (Å²) in [7, 11) is 5.37. The quantitative estimate of drug-likeness (QED) is 0.214. The number of hydrogen-bond donors (Lipinski definition) is 4. The van der Waals surface area contributed by atoms with Crippen molar-refractivity contribution >= 4 is 64.5 Å². The van der Waals surface area contributed by atoms with Crippen LogP contribution in [0.4, 0.5) is 5.69 Å². The van der Waals surface area contributed by atoms with Crippen LogP contribution in [0, 0.1) is 23.7 Å². The number of Topliss-reactive ketones (excluding diaryl/α,β-unsaturated/α-hetero) is 2. The Kier molecular flexibility index (Phi) is 16.9. The third-order valence-corrected chi connectivity index (χ3v) is 17.1. The maximum absolute atomic E-state index is 15.7. The van der Waals surface area contributed by atoms with Crippen molar-refractivity contribution in [1.82, 2.24) is 35.6 Å². The number of rotatable bonds is 10. The first-order chi connectivity index (χ1) is 35.0. The number of ketones is 2. The Morgan fingerprint density at radius 3 is 2.25 bits per heavy atom.